The molecule has 0 aromatic heterocycles. The maximum Gasteiger partial charge on any atom is 0.325 e. The van der Waals surface area contributed by atoms with Gasteiger partial charge in [0.05, 0.1) is 6.54 Å². The van der Waals surface area contributed by atoms with E-state index in [1.165, 1.54) is 17.0 Å². The third-order valence-corrected chi connectivity index (χ3v) is 4.23. The maximum absolute atomic E-state index is 13.2. The Balaban J connectivity index is 1.93. The lowest BCUT2D eigenvalue weighted by molar-refractivity contribution is -0.132. The van der Waals surface area contributed by atoms with Crippen molar-refractivity contribution >= 4 is 11.9 Å². The van der Waals surface area contributed by atoms with E-state index in [2.05, 4.69) is 5.32 Å². The summed E-state index contributed by atoms with van der Waals surface area (Å²) in [6, 6.07) is 14.6. The topological polar surface area (TPSA) is 49.4 Å². The van der Waals surface area contributed by atoms with E-state index in [1.54, 1.807) is 12.1 Å². The Morgan fingerprint density at radius 2 is 1.70 bits per heavy atom. The molecule has 3 rings (SSSR count). The molecule has 0 unspecified atom stereocenters. The number of carbonyl (C=O) groups excluding carboxylic acids is 2. The molecule has 0 radical (unpaired) electrons. The van der Waals surface area contributed by atoms with Gasteiger partial charge in [-0.15, -0.1) is 0 Å². The third kappa shape index (κ3) is 2.59. The molecule has 23 heavy (non-hydrogen) atoms. The van der Waals surface area contributed by atoms with E-state index in [1.807, 2.05) is 37.3 Å². The van der Waals surface area contributed by atoms with Crippen LogP contribution in [-0.4, -0.2) is 16.8 Å². The molecule has 2 aromatic carbocycles. The Bertz CT molecular complexity index is 730. The molecular weight excluding hydrogens is 295 g/mol. The Kier molecular flexibility index (Phi) is 3.86. The number of nitrogens with zero attached hydrogens (tertiary/aromatic N) is 1. The zero-order chi connectivity index (χ0) is 16.4. The van der Waals surface area contributed by atoms with Gasteiger partial charge in [0.1, 0.15) is 11.4 Å². The van der Waals surface area contributed by atoms with Crippen LogP contribution in [0.4, 0.5) is 9.18 Å². The lowest BCUT2D eigenvalue weighted by atomic mass is 9.87. The molecule has 1 aliphatic heterocycles. The van der Waals surface area contributed by atoms with Crippen molar-refractivity contribution < 1.29 is 14.0 Å². The summed E-state index contributed by atoms with van der Waals surface area (Å²) in [6.45, 7) is 2.04. The van der Waals surface area contributed by atoms with Crippen molar-refractivity contribution in [2.45, 2.75) is 25.4 Å². The van der Waals surface area contributed by atoms with Gasteiger partial charge in [0.25, 0.3) is 5.91 Å². The largest absolute Gasteiger partial charge is 0.325 e. The molecule has 0 aliphatic carbocycles. The molecule has 0 spiro atoms. The van der Waals surface area contributed by atoms with Crippen LogP contribution < -0.4 is 5.32 Å². The fourth-order valence-corrected chi connectivity index (χ4v) is 2.91. The number of imide groups is 1. The summed E-state index contributed by atoms with van der Waals surface area (Å²) < 4.78 is 13.2. The van der Waals surface area contributed by atoms with Crippen molar-refractivity contribution in [2.75, 3.05) is 0 Å². The standard InChI is InChI=1S/C18H17FN2O2/c1-2-18(14-8-10-15(19)11-9-14)16(22)21(17(23)20-18)12-13-6-4-3-5-7-13/h3-11H,2,12H2,1H3,(H,20,23)/t18-/m0/s1. The highest BCUT2D eigenvalue weighted by molar-refractivity contribution is 6.07. The molecule has 0 bridgehead atoms. The second kappa shape index (κ2) is 5.83. The minimum absolute atomic E-state index is 0.217. The van der Waals surface area contributed by atoms with Crippen LogP contribution in [0.1, 0.15) is 24.5 Å². The molecule has 4 nitrogen and oxygen atoms in total. The number of hydrogen-bond donors (Lipinski definition) is 1. The predicted molar refractivity (Wildman–Crippen MR) is 83.9 cm³/mol. The van der Waals surface area contributed by atoms with Crippen molar-refractivity contribution in [3.63, 3.8) is 0 Å². The molecular formula is C18H17FN2O2. The molecule has 2 aromatic rings. The molecule has 1 N–H and O–H groups in total. The lowest BCUT2D eigenvalue weighted by Crippen LogP contribution is -2.43. The fraction of sp³-hybridized carbons (Fsp3) is 0.222. The summed E-state index contributed by atoms with van der Waals surface area (Å²) in [4.78, 5) is 26.4. The molecule has 3 amide bonds. The summed E-state index contributed by atoms with van der Waals surface area (Å²) in [6.07, 6.45) is 0.397. The summed E-state index contributed by atoms with van der Waals surface area (Å²) in [5.41, 5.74) is 0.344. The van der Waals surface area contributed by atoms with E-state index >= 15 is 0 Å². The number of rotatable bonds is 4. The summed E-state index contributed by atoms with van der Waals surface area (Å²) >= 11 is 0. The highest BCUT2D eigenvalue weighted by Crippen LogP contribution is 2.33. The third-order valence-electron chi connectivity index (χ3n) is 4.23. The van der Waals surface area contributed by atoms with Gasteiger partial charge in [0.2, 0.25) is 0 Å². The first-order chi connectivity index (χ1) is 11.1. The SMILES string of the molecule is CC[C@@]1(c2ccc(F)cc2)NC(=O)N(Cc2ccccc2)C1=O. The zero-order valence-corrected chi connectivity index (χ0v) is 12.8. The van der Waals surface area contributed by atoms with E-state index in [-0.39, 0.29) is 18.3 Å². The van der Waals surface area contributed by atoms with Crippen molar-refractivity contribution in [2.24, 2.45) is 0 Å². The first-order valence-corrected chi connectivity index (χ1v) is 7.51. The van der Waals surface area contributed by atoms with Gasteiger partial charge in [0, 0.05) is 0 Å². The van der Waals surface area contributed by atoms with E-state index in [0.29, 0.717) is 12.0 Å². The van der Waals surface area contributed by atoms with Crippen molar-refractivity contribution in [3.05, 3.63) is 71.5 Å². The van der Waals surface area contributed by atoms with Gasteiger partial charge in [-0.2, -0.15) is 0 Å². The predicted octanol–water partition coefficient (Wildman–Crippen LogP) is 3.18. The normalized spacial score (nSPS) is 20.7. The lowest BCUT2D eigenvalue weighted by Gasteiger charge is -2.25. The summed E-state index contributed by atoms with van der Waals surface area (Å²) in [5.74, 6) is -0.682. The second-order valence-corrected chi connectivity index (χ2v) is 5.57. The van der Waals surface area contributed by atoms with E-state index < -0.39 is 11.6 Å². The number of urea groups is 1. The highest BCUT2D eigenvalue weighted by Gasteiger charge is 2.51. The maximum atomic E-state index is 13.2. The summed E-state index contributed by atoms with van der Waals surface area (Å²) in [5, 5.41) is 2.79. The number of hydrogen-bond acceptors (Lipinski definition) is 2. The van der Waals surface area contributed by atoms with Gasteiger partial charge in [-0.25, -0.2) is 9.18 Å². The molecule has 1 saturated heterocycles. The molecule has 1 aliphatic rings. The van der Waals surface area contributed by atoms with E-state index in [9.17, 15) is 14.0 Å². The van der Waals surface area contributed by atoms with Gasteiger partial charge in [-0.1, -0.05) is 49.4 Å². The van der Waals surface area contributed by atoms with E-state index in [4.69, 9.17) is 0 Å². The van der Waals surface area contributed by atoms with Crippen molar-refractivity contribution in [1.29, 1.82) is 0 Å². The molecule has 1 atom stereocenters. The van der Waals surface area contributed by atoms with E-state index in [0.717, 1.165) is 5.56 Å². The van der Waals surface area contributed by atoms with Crippen LogP contribution in [0.3, 0.4) is 0 Å². The minimum Gasteiger partial charge on any atom is -0.319 e. The van der Waals surface area contributed by atoms with Crippen LogP contribution in [0.25, 0.3) is 0 Å². The van der Waals surface area contributed by atoms with Crippen molar-refractivity contribution in [1.82, 2.24) is 10.2 Å². The average Bonchev–Trinajstić information content (AvgIpc) is 2.82. The molecule has 0 saturated carbocycles. The Labute approximate surface area is 133 Å². The van der Waals surface area contributed by atoms with Gasteiger partial charge in [0.15, 0.2) is 0 Å². The first kappa shape index (κ1) is 15.2. The number of amides is 3. The van der Waals surface area contributed by atoms with Gasteiger partial charge in [-0.05, 0) is 29.7 Å². The number of halogens is 1. The van der Waals surface area contributed by atoms with Gasteiger partial charge >= 0.3 is 6.03 Å². The van der Waals surface area contributed by atoms with Crippen LogP contribution in [0.5, 0.6) is 0 Å². The smallest absolute Gasteiger partial charge is 0.319 e. The Morgan fingerprint density at radius 1 is 1.04 bits per heavy atom. The fourth-order valence-electron chi connectivity index (χ4n) is 2.91. The molecule has 1 fully saturated rings. The highest BCUT2D eigenvalue weighted by atomic mass is 19.1. The van der Waals surface area contributed by atoms with Gasteiger partial charge < -0.3 is 5.32 Å². The minimum atomic E-state index is -1.13. The second-order valence-electron chi connectivity index (χ2n) is 5.57. The van der Waals surface area contributed by atoms with Crippen LogP contribution in [0.2, 0.25) is 0 Å². The van der Waals surface area contributed by atoms with Gasteiger partial charge in [-0.3, -0.25) is 9.69 Å². The van der Waals surface area contributed by atoms with Crippen molar-refractivity contribution in [3.8, 4) is 0 Å². The Hall–Kier alpha value is -2.69. The van der Waals surface area contributed by atoms with Crippen LogP contribution >= 0.6 is 0 Å². The summed E-state index contributed by atoms with van der Waals surface area (Å²) in [7, 11) is 0. The quantitative estimate of drug-likeness (QED) is 0.882. The van der Waals surface area contributed by atoms with Crippen LogP contribution in [-0.2, 0) is 16.9 Å². The molecule has 5 heteroatoms. The number of carbonyl (C=O) groups is 2. The molecule has 118 valence electrons. The van der Waals surface area contributed by atoms with Crippen LogP contribution in [0.15, 0.2) is 54.6 Å². The monoisotopic (exact) mass is 312 g/mol. The van der Waals surface area contributed by atoms with Crippen LogP contribution in [0, 0.1) is 5.82 Å². The first-order valence-electron chi connectivity index (χ1n) is 7.51. The number of nitrogens with one attached hydrogen (secondary N) is 1. The number of benzene rings is 2. The molecule has 1 heterocycles. The zero-order valence-electron chi connectivity index (χ0n) is 12.8. The average molecular weight is 312 g/mol. The Morgan fingerprint density at radius 3 is 2.30 bits per heavy atom.